The van der Waals surface area contributed by atoms with Gasteiger partial charge in [-0.1, -0.05) is 19.1 Å². The molecule has 1 aliphatic rings. The predicted octanol–water partition coefficient (Wildman–Crippen LogP) is 2.78. The van der Waals surface area contributed by atoms with Gasteiger partial charge in [-0.2, -0.15) is 11.8 Å². The van der Waals surface area contributed by atoms with Gasteiger partial charge in [-0.15, -0.1) is 0 Å². The van der Waals surface area contributed by atoms with E-state index < -0.39 is 0 Å². The van der Waals surface area contributed by atoms with Crippen LogP contribution in [0.1, 0.15) is 19.8 Å². The zero-order valence-corrected chi connectivity index (χ0v) is 14.3. The van der Waals surface area contributed by atoms with E-state index in [1.807, 2.05) is 18.2 Å². The zero-order chi connectivity index (χ0) is 15.8. The lowest BCUT2D eigenvalue weighted by atomic mass is 10.1. The van der Waals surface area contributed by atoms with Crippen molar-refractivity contribution in [2.75, 3.05) is 43.1 Å². The number of nitrogens with one attached hydrogen (secondary N) is 1. The van der Waals surface area contributed by atoms with Crippen LogP contribution in [0.5, 0.6) is 5.75 Å². The van der Waals surface area contributed by atoms with Crippen molar-refractivity contribution in [2.45, 2.75) is 19.8 Å². The number of carbonyl (C=O) groups excluding carboxylic acids is 1. The van der Waals surface area contributed by atoms with Crippen molar-refractivity contribution in [3.63, 3.8) is 0 Å². The van der Waals surface area contributed by atoms with Gasteiger partial charge in [0, 0.05) is 19.6 Å². The van der Waals surface area contributed by atoms with Gasteiger partial charge in [0.1, 0.15) is 5.75 Å². The summed E-state index contributed by atoms with van der Waals surface area (Å²) < 4.78 is 5.43. The maximum Gasteiger partial charge on any atom is 0.230 e. The quantitative estimate of drug-likeness (QED) is 0.747. The zero-order valence-electron chi connectivity index (χ0n) is 13.5. The van der Waals surface area contributed by atoms with Gasteiger partial charge in [-0.25, -0.2) is 0 Å². The molecule has 1 saturated heterocycles. The van der Waals surface area contributed by atoms with Crippen LogP contribution in [0.3, 0.4) is 0 Å². The lowest BCUT2D eigenvalue weighted by molar-refractivity contribution is -0.118. The first-order chi connectivity index (χ1) is 10.7. The number of nitrogens with zero attached hydrogens (tertiary/aromatic N) is 1. The molecule has 5 heteroatoms. The second-order valence-electron chi connectivity index (χ2n) is 5.63. The van der Waals surface area contributed by atoms with Crippen LogP contribution >= 0.6 is 11.8 Å². The van der Waals surface area contributed by atoms with E-state index in [1.54, 1.807) is 18.9 Å². The summed E-state index contributed by atoms with van der Waals surface area (Å²) in [4.78, 5) is 14.1. The summed E-state index contributed by atoms with van der Waals surface area (Å²) in [5, 5.41) is 3.07. The summed E-state index contributed by atoms with van der Waals surface area (Å²) in [7, 11) is 1.71. The summed E-state index contributed by atoms with van der Waals surface area (Å²) in [5.41, 5.74) is 1.15. The van der Waals surface area contributed by atoms with Gasteiger partial charge in [-0.05, 0) is 36.6 Å². The molecular weight excluding hydrogens is 296 g/mol. The Labute approximate surface area is 137 Å². The SMILES string of the molecule is CCCSCC(=O)NC[C@H]1CCN(c2ccccc2OC)C1. The molecule has 1 amide bonds. The average molecular weight is 322 g/mol. The second-order valence-corrected chi connectivity index (χ2v) is 6.73. The molecule has 0 aliphatic carbocycles. The number of amides is 1. The summed E-state index contributed by atoms with van der Waals surface area (Å²) in [6.07, 6.45) is 2.23. The molecule has 0 saturated carbocycles. The first-order valence-corrected chi connectivity index (χ1v) is 9.12. The third-order valence-corrected chi connectivity index (χ3v) is 5.04. The van der Waals surface area contributed by atoms with Gasteiger partial charge in [0.25, 0.3) is 0 Å². The summed E-state index contributed by atoms with van der Waals surface area (Å²) in [6, 6.07) is 8.12. The number of ether oxygens (including phenoxy) is 1. The molecule has 0 spiro atoms. The number of hydrogen-bond donors (Lipinski definition) is 1. The number of para-hydroxylation sites is 2. The molecule has 0 radical (unpaired) electrons. The number of benzene rings is 1. The van der Waals surface area contributed by atoms with Crippen LogP contribution in [0.25, 0.3) is 0 Å². The molecule has 22 heavy (non-hydrogen) atoms. The highest BCUT2D eigenvalue weighted by Gasteiger charge is 2.24. The molecule has 4 nitrogen and oxygen atoms in total. The molecule has 1 aromatic carbocycles. The van der Waals surface area contributed by atoms with E-state index in [0.29, 0.717) is 11.7 Å². The Hall–Kier alpha value is -1.36. The van der Waals surface area contributed by atoms with Gasteiger partial charge in [0.05, 0.1) is 18.6 Å². The van der Waals surface area contributed by atoms with E-state index in [-0.39, 0.29) is 5.91 Å². The monoisotopic (exact) mass is 322 g/mol. The van der Waals surface area contributed by atoms with Crippen LogP contribution in [0.15, 0.2) is 24.3 Å². The summed E-state index contributed by atoms with van der Waals surface area (Å²) in [5.74, 6) is 3.23. The maximum atomic E-state index is 11.8. The molecule has 1 aromatic rings. The molecule has 0 bridgehead atoms. The smallest absolute Gasteiger partial charge is 0.230 e. The van der Waals surface area contributed by atoms with Gasteiger partial charge in [-0.3, -0.25) is 4.79 Å². The Morgan fingerprint density at radius 3 is 3.05 bits per heavy atom. The molecule has 1 atom stereocenters. The Bertz CT molecular complexity index is 481. The third kappa shape index (κ3) is 4.83. The molecule has 122 valence electrons. The number of carbonyl (C=O) groups is 1. The van der Waals surface area contributed by atoms with Crippen LogP contribution in [-0.4, -0.2) is 44.2 Å². The maximum absolute atomic E-state index is 11.8. The van der Waals surface area contributed by atoms with Crippen molar-refractivity contribution < 1.29 is 9.53 Å². The molecule has 0 unspecified atom stereocenters. The van der Waals surface area contributed by atoms with Gasteiger partial charge < -0.3 is 15.0 Å². The van der Waals surface area contributed by atoms with Gasteiger partial charge >= 0.3 is 0 Å². The van der Waals surface area contributed by atoms with Crippen molar-refractivity contribution in [2.24, 2.45) is 5.92 Å². The highest BCUT2D eigenvalue weighted by molar-refractivity contribution is 7.99. The van der Waals surface area contributed by atoms with Crippen LogP contribution in [-0.2, 0) is 4.79 Å². The van der Waals surface area contributed by atoms with E-state index in [2.05, 4.69) is 23.2 Å². The minimum atomic E-state index is 0.161. The van der Waals surface area contributed by atoms with Gasteiger partial charge in [0.2, 0.25) is 5.91 Å². The Kier molecular flexibility index (Phi) is 6.90. The lowest BCUT2D eigenvalue weighted by Crippen LogP contribution is -2.32. The van der Waals surface area contributed by atoms with Crippen LogP contribution in [0.4, 0.5) is 5.69 Å². The molecule has 1 N–H and O–H groups in total. The van der Waals surface area contributed by atoms with Crippen LogP contribution < -0.4 is 15.0 Å². The molecule has 1 aliphatic heterocycles. The predicted molar refractivity (Wildman–Crippen MR) is 93.9 cm³/mol. The summed E-state index contributed by atoms with van der Waals surface area (Å²) >= 11 is 1.71. The highest BCUT2D eigenvalue weighted by Crippen LogP contribution is 2.31. The molecule has 0 aromatic heterocycles. The average Bonchev–Trinajstić information content (AvgIpc) is 3.02. The molecule has 1 heterocycles. The Morgan fingerprint density at radius 2 is 2.27 bits per heavy atom. The fourth-order valence-electron chi connectivity index (χ4n) is 2.73. The first-order valence-electron chi connectivity index (χ1n) is 7.97. The Balaban J connectivity index is 1.77. The largest absolute Gasteiger partial charge is 0.495 e. The van der Waals surface area contributed by atoms with E-state index in [0.717, 1.165) is 49.7 Å². The van der Waals surface area contributed by atoms with E-state index in [1.165, 1.54) is 0 Å². The fourth-order valence-corrected chi connectivity index (χ4v) is 3.45. The fraction of sp³-hybridized carbons (Fsp3) is 0.588. The normalized spacial score (nSPS) is 17.5. The lowest BCUT2D eigenvalue weighted by Gasteiger charge is -2.21. The van der Waals surface area contributed by atoms with Crippen molar-refractivity contribution in [3.8, 4) is 5.75 Å². The topological polar surface area (TPSA) is 41.6 Å². The minimum Gasteiger partial charge on any atom is -0.495 e. The third-order valence-electron chi connectivity index (χ3n) is 3.88. The van der Waals surface area contributed by atoms with Crippen LogP contribution in [0, 0.1) is 5.92 Å². The van der Waals surface area contributed by atoms with E-state index in [4.69, 9.17) is 4.74 Å². The second kappa shape index (κ2) is 8.93. The summed E-state index contributed by atoms with van der Waals surface area (Å²) in [6.45, 7) is 4.90. The highest BCUT2D eigenvalue weighted by atomic mass is 32.2. The van der Waals surface area contributed by atoms with E-state index >= 15 is 0 Å². The number of thioether (sulfide) groups is 1. The van der Waals surface area contributed by atoms with Crippen molar-refractivity contribution in [3.05, 3.63) is 24.3 Å². The molecular formula is C17H26N2O2S. The molecule has 1 fully saturated rings. The van der Waals surface area contributed by atoms with E-state index in [9.17, 15) is 4.79 Å². The minimum absolute atomic E-state index is 0.161. The first kappa shape index (κ1) is 17.0. The standard InChI is InChI=1S/C17H26N2O2S/c1-3-10-22-13-17(20)18-11-14-8-9-19(12-14)15-6-4-5-7-16(15)21-2/h4-7,14H,3,8-13H2,1-2H3,(H,18,20)/t14-/m1/s1. The number of anilines is 1. The number of rotatable bonds is 8. The van der Waals surface area contributed by atoms with Crippen molar-refractivity contribution in [1.82, 2.24) is 5.32 Å². The molecule has 2 rings (SSSR count). The van der Waals surface area contributed by atoms with Crippen molar-refractivity contribution in [1.29, 1.82) is 0 Å². The number of methoxy groups -OCH3 is 1. The Morgan fingerprint density at radius 1 is 1.45 bits per heavy atom. The van der Waals surface area contributed by atoms with Gasteiger partial charge in [0.15, 0.2) is 0 Å². The van der Waals surface area contributed by atoms with Crippen molar-refractivity contribution >= 4 is 23.4 Å². The number of hydrogen-bond acceptors (Lipinski definition) is 4. The van der Waals surface area contributed by atoms with Crippen LogP contribution in [0.2, 0.25) is 0 Å².